The highest BCUT2D eigenvalue weighted by Gasteiger charge is 2.22. The minimum absolute atomic E-state index is 0.0353. The highest BCUT2D eigenvalue weighted by molar-refractivity contribution is 6.30. The van der Waals surface area contributed by atoms with Crippen LogP contribution in [0.1, 0.15) is 16.7 Å². The van der Waals surface area contributed by atoms with Gasteiger partial charge in [0.2, 0.25) is 0 Å². The number of fused-ring (bicyclic) bond motifs is 3. The Morgan fingerprint density at radius 1 is 1.28 bits per heavy atom. The molecule has 1 aromatic carbocycles. The van der Waals surface area contributed by atoms with Crippen LogP contribution >= 0.6 is 11.6 Å². The van der Waals surface area contributed by atoms with Crippen molar-refractivity contribution in [1.82, 2.24) is 25.4 Å². The molecule has 2 N–H and O–H groups in total. The fraction of sp³-hybridized carbons (Fsp3) is 0.278. The van der Waals surface area contributed by atoms with E-state index in [-0.39, 0.29) is 6.03 Å². The number of aromatic nitrogens is 3. The normalized spacial score (nSPS) is 13.7. The molecule has 0 radical (unpaired) electrons. The number of amides is 2. The van der Waals surface area contributed by atoms with Crippen LogP contribution < -0.4 is 5.32 Å². The first-order valence-corrected chi connectivity index (χ1v) is 8.65. The summed E-state index contributed by atoms with van der Waals surface area (Å²) < 4.78 is 0. The Hall–Kier alpha value is -2.60. The van der Waals surface area contributed by atoms with Gasteiger partial charge in [0, 0.05) is 36.2 Å². The minimum atomic E-state index is -0.0353. The number of carbonyl (C=O) groups is 1. The third-order valence-electron chi connectivity index (χ3n) is 4.56. The Bertz CT molecular complexity index is 905. The van der Waals surface area contributed by atoms with Gasteiger partial charge in [-0.05, 0) is 41.7 Å². The molecule has 7 heteroatoms. The van der Waals surface area contributed by atoms with Gasteiger partial charge in [0.1, 0.15) is 0 Å². The van der Waals surface area contributed by atoms with Gasteiger partial charge >= 0.3 is 6.03 Å². The zero-order chi connectivity index (χ0) is 17.2. The number of H-pyrrole nitrogens is 1. The largest absolute Gasteiger partial charge is 0.338 e. The summed E-state index contributed by atoms with van der Waals surface area (Å²) in [4.78, 5) is 18.6. The summed E-state index contributed by atoms with van der Waals surface area (Å²) in [6.07, 6.45) is 5.25. The van der Waals surface area contributed by atoms with Crippen LogP contribution in [0.3, 0.4) is 0 Å². The van der Waals surface area contributed by atoms with E-state index in [0.717, 1.165) is 40.0 Å². The summed E-state index contributed by atoms with van der Waals surface area (Å²) in [6, 6.07) is 7.65. The number of rotatable bonds is 3. The number of pyridine rings is 1. The van der Waals surface area contributed by atoms with Crippen molar-refractivity contribution >= 4 is 28.7 Å². The average Bonchev–Trinajstić information content (AvgIpc) is 3.12. The van der Waals surface area contributed by atoms with Crippen molar-refractivity contribution in [3.8, 4) is 0 Å². The Morgan fingerprint density at radius 2 is 2.12 bits per heavy atom. The molecule has 2 amide bonds. The van der Waals surface area contributed by atoms with Gasteiger partial charge in [-0.2, -0.15) is 5.10 Å². The van der Waals surface area contributed by atoms with Crippen molar-refractivity contribution in [2.45, 2.75) is 19.4 Å². The molecule has 0 bridgehead atoms. The van der Waals surface area contributed by atoms with Crippen LogP contribution in [0.5, 0.6) is 0 Å². The molecule has 0 saturated carbocycles. The molecule has 2 aromatic heterocycles. The van der Waals surface area contributed by atoms with E-state index >= 15 is 0 Å². The summed E-state index contributed by atoms with van der Waals surface area (Å²) in [6.45, 7) is 1.88. The quantitative estimate of drug-likeness (QED) is 0.758. The highest BCUT2D eigenvalue weighted by Crippen LogP contribution is 2.24. The van der Waals surface area contributed by atoms with Gasteiger partial charge in [-0.25, -0.2) is 9.78 Å². The van der Waals surface area contributed by atoms with Gasteiger partial charge in [-0.1, -0.05) is 23.7 Å². The second-order valence-electron chi connectivity index (χ2n) is 6.17. The summed E-state index contributed by atoms with van der Waals surface area (Å²) in [5.41, 5.74) is 4.29. The zero-order valence-electron chi connectivity index (χ0n) is 13.6. The topological polar surface area (TPSA) is 73.9 Å². The maximum Gasteiger partial charge on any atom is 0.317 e. The first-order chi connectivity index (χ1) is 12.2. The molecule has 0 spiro atoms. The fourth-order valence-electron chi connectivity index (χ4n) is 3.20. The number of aromatic amines is 1. The smallest absolute Gasteiger partial charge is 0.317 e. The monoisotopic (exact) mass is 355 g/mol. The molecule has 0 fully saturated rings. The lowest BCUT2D eigenvalue weighted by molar-refractivity contribution is 0.192. The molecule has 1 aliphatic heterocycles. The van der Waals surface area contributed by atoms with Crippen LogP contribution in [0, 0.1) is 0 Å². The lowest BCUT2D eigenvalue weighted by Crippen LogP contribution is -2.43. The fourth-order valence-corrected chi connectivity index (χ4v) is 3.33. The molecule has 128 valence electrons. The number of halogens is 1. The van der Waals surface area contributed by atoms with Crippen LogP contribution in [0.2, 0.25) is 5.02 Å². The summed E-state index contributed by atoms with van der Waals surface area (Å²) in [5.74, 6) is 0. The molecular formula is C18H18ClN5O. The zero-order valence-corrected chi connectivity index (χ0v) is 14.4. The van der Waals surface area contributed by atoms with Gasteiger partial charge in [-0.15, -0.1) is 0 Å². The van der Waals surface area contributed by atoms with Crippen molar-refractivity contribution < 1.29 is 4.79 Å². The number of hydrogen-bond donors (Lipinski definition) is 2. The van der Waals surface area contributed by atoms with E-state index in [4.69, 9.17) is 11.6 Å². The number of hydrogen-bond acceptors (Lipinski definition) is 3. The van der Waals surface area contributed by atoms with E-state index in [2.05, 4.69) is 20.5 Å². The predicted molar refractivity (Wildman–Crippen MR) is 96.6 cm³/mol. The molecule has 0 unspecified atom stereocenters. The van der Waals surface area contributed by atoms with Crippen molar-refractivity contribution in [3.05, 3.63) is 58.4 Å². The lowest BCUT2D eigenvalue weighted by Gasteiger charge is -2.29. The SMILES string of the molecule is O=C(NCCc1ccc(Cl)cc1)N1CCc2c(cnc3[nH]ncc23)C1. The van der Waals surface area contributed by atoms with Crippen LogP contribution in [-0.2, 0) is 19.4 Å². The standard InChI is InChI=1S/C18H18ClN5O/c19-14-3-1-12(2-4-14)5-7-20-18(25)24-8-6-15-13(11-24)9-21-17-16(15)10-22-23-17/h1-4,9-10H,5-8,11H2,(H,20,25)(H,21,22,23). The molecule has 3 heterocycles. The van der Waals surface area contributed by atoms with Gasteiger partial charge in [0.25, 0.3) is 0 Å². The van der Waals surface area contributed by atoms with Gasteiger partial charge in [0.15, 0.2) is 5.65 Å². The van der Waals surface area contributed by atoms with Crippen molar-refractivity contribution in [3.63, 3.8) is 0 Å². The number of carbonyl (C=O) groups excluding carboxylic acids is 1. The highest BCUT2D eigenvalue weighted by atomic mass is 35.5. The molecule has 4 rings (SSSR count). The van der Waals surface area contributed by atoms with E-state index in [1.807, 2.05) is 41.6 Å². The molecule has 0 aliphatic carbocycles. The van der Waals surface area contributed by atoms with Crippen molar-refractivity contribution in [1.29, 1.82) is 0 Å². The molecule has 6 nitrogen and oxygen atoms in total. The molecular weight excluding hydrogens is 338 g/mol. The Balaban J connectivity index is 1.36. The van der Waals surface area contributed by atoms with Gasteiger partial charge < -0.3 is 10.2 Å². The first kappa shape index (κ1) is 15.9. The Labute approximate surface area is 150 Å². The van der Waals surface area contributed by atoms with E-state index in [0.29, 0.717) is 19.6 Å². The summed E-state index contributed by atoms with van der Waals surface area (Å²) >= 11 is 5.88. The second kappa shape index (κ2) is 6.72. The van der Waals surface area contributed by atoms with E-state index in [9.17, 15) is 4.79 Å². The van der Waals surface area contributed by atoms with E-state index in [1.165, 1.54) is 5.56 Å². The molecule has 25 heavy (non-hydrogen) atoms. The third kappa shape index (κ3) is 3.30. The molecule has 0 saturated heterocycles. The summed E-state index contributed by atoms with van der Waals surface area (Å²) in [7, 11) is 0. The van der Waals surface area contributed by atoms with Crippen LogP contribution in [0.4, 0.5) is 4.79 Å². The van der Waals surface area contributed by atoms with Crippen LogP contribution in [-0.4, -0.2) is 39.2 Å². The summed E-state index contributed by atoms with van der Waals surface area (Å²) in [5, 5.41) is 11.7. The maximum absolute atomic E-state index is 12.4. The lowest BCUT2D eigenvalue weighted by atomic mass is 9.99. The number of benzene rings is 1. The number of nitrogens with zero attached hydrogens (tertiary/aromatic N) is 3. The molecule has 0 atom stereocenters. The van der Waals surface area contributed by atoms with Gasteiger partial charge in [0.05, 0.1) is 6.20 Å². The maximum atomic E-state index is 12.4. The first-order valence-electron chi connectivity index (χ1n) is 8.28. The van der Waals surface area contributed by atoms with Crippen LogP contribution in [0.25, 0.3) is 11.0 Å². The van der Waals surface area contributed by atoms with Crippen LogP contribution in [0.15, 0.2) is 36.7 Å². The van der Waals surface area contributed by atoms with E-state index in [1.54, 1.807) is 0 Å². The van der Waals surface area contributed by atoms with Crippen molar-refractivity contribution in [2.75, 3.05) is 13.1 Å². The predicted octanol–water partition coefficient (Wildman–Crippen LogP) is 2.92. The second-order valence-corrected chi connectivity index (χ2v) is 6.61. The van der Waals surface area contributed by atoms with E-state index < -0.39 is 0 Å². The Kier molecular flexibility index (Phi) is 4.28. The number of urea groups is 1. The minimum Gasteiger partial charge on any atom is -0.338 e. The third-order valence-corrected chi connectivity index (χ3v) is 4.82. The molecule has 3 aromatic rings. The van der Waals surface area contributed by atoms with Gasteiger partial charge in [-0.3, -0.25) is 5.10 Å². The Morgan fingerprint density at radius 3 is 2.96 bits per heavy atom. The molecule has 1 aliphatic rings. The van der Waals surface area contributed by atoms with Crippen molar-refractivity contribution in [2.24, 2.45) is 0 Å². The number of nitrogens with one attached hydrogen (secondary N) is 2. The average molecular weight is 356 g/mol.